The summed E-state index contributed by atoms with van der Waals surface area (Å²) in [5, 5.41) is 8.31. The molecule has 0 bridgehead atoms. The van der Waals surface area contributed by atoms with Gasteiger partial charge >= 0.3 is 6.03 Å². The minimum Gasteiger partial charge on any atom is -0.327 e. The van der Waals surface area contributed by atoms with Gasteiger partial charge in [-0.3, -0.25) is 9.78 Å². The number of urea groups is 1. The molecule has 3 rings (SSSR count). The first kappa shape index (κ1) is 15.7. The molecule has 0 spiro atoms. The number of nitrogens with zero attached hydrogens (tertiary/aromatic N) is 1. The van der Waals surface area contributed by atoms with Crippen molar-refractivity contribution in [1.82, 2.24) is 15.6 Å². The van der Waals surface area contributed by atoms with Gasteiger partial charge < -0.3 is 16.0 Å². The minimum atomic E-state index is -0.544. The van der Waals surface area contributed by atoms with E-state index in [0.717, 1.165) is 11.1 Å². The van der Waals surface area contributed by atoms with Crippen molar-refractivity contribution in [2.24, 2.45) is 0 Å². The Bertz CT molecular complexity index is 798. The molecule has 24 heavy (non-hydrogen) atoms. The van der Waals surface area contributed by atoms with Gasteiger partial charge in [0.1, 0.15) is 0 Å². The Morgan fingerprint density at radius 2 is 1.92 bits per heavy atom. The van der Waals surface area contributed by atoms with E-state index < -0.39 is 6.04 Å². The Morgan fingerprint density at radius 1 is 1.17 bits per heavy atom. The van der Waals surface area contributed by atoms with E-state index in [1.165, 1.54) is 0 Å². The van der Waals surface area contributed by atoms with Crippen LogP contribution >= 0.6 is 0 Å². The lowest BCUT2D eigenvalue weighted by atomic mass is 9.96. The second-order valence-electron chi connectivity index (χ2n) is 5.68. The van der Waals surface area contributed by atoms with Gasteiger partial charge in [0.2, 0.25) is 0 Å². The standard InChI is InChI=1S/C18H18N4O2/c1-11-5-7-14(8-6-11)21-17(23)15-12(2)20-18(24)22-16(15)13-4-3-9-19-10-13/h3-10,16H,1-2H3,(H,21,23)(H2,20,22,24). The van der Waals surface area contributed by atoms with Gasteiger partial charge in [0.15, 0.2) is 0 Å². The van der Waals surface area contributed by atoms with Gasteiger partial charge in [-0.25, -0.2) is 4.79 Å². The van der Waals surface area contributed by atoms with Crippen molar-refractivity contribution in [3.8, 4) is 0 Å². The largest absolute Gasteiger partial charge is 0.327 e. The topological polar surface area (TPSA) is 83.1 Å². The van der Waals surface area contributed by atoms with E-state index in [1.807, 2.05) is 37.3 Å². The Hall–Kier alpha value is -3.15. The fraction of sp³-hybridized carbons (Fsp3) is 0.167. The lowest BCUT2D eigenvalue weighted by Crippen LogP contribution is -2.46. The summed E-state index contributed by atoms with van der Waals surface area (Å²) in [6, 6.07) is 10.3. The number of pyridine rings is 1. The van der Waals surface area contributed by atoms with Crippen LogP contribution in [-0.2, 0) is 4.79 Å². The summed E-state index contributed by atoms with van der Waals surface area (Å²) in [4.78, 5) is 28.7. The lowest BCUT2D eigenvalue weighted by Gasteiger charge is -2.28. The molecule has 6 nitrogen and oxygen atoms in total. The van der Waals surface area contributed by atoms with Crippen molar-refractivity contribution in [2.45, 2.75) is 19.9 Å². The SMILES string of the molecule is CC1=C(C(=O)Nc2ccc(C)cc2)C(c2cccnc2)NC(=O)N1. The molecule has 1 aromatic heterocycles. The van der Waals surface area contributed by atoms with Crippen LogP contribution in [0.1, 0.15) is 24.1 Å². The molecule has 1 atom stereocenters. The quantitative estimate of drug-likeness (QED) is 0.812. The predicted octanol–water partition coefficient (Wildman–Crippen LogP) is 2.66. The maximum absolute atomic E-state index is 12.8. The highest BCUT2D eigenvalue weighted by Gasteiger charge is 2.31. The number of hydrogen-bond donors (Lipinski definition) is 3. The molecule has 0 fully saturated rings. The summed E-state index contributed by atoms with van der Waals surface area (Å²) < 4.78 is 0. The van der Waals surface area contributed by atoms with Gasteiger partial charge in [0.25, 0.3) is 5.91 Å². The molecule has 0 aliphatic carbocycles. The molecule has 2 heterocycles. The maximum atomic E-state index is 12.8. The fourth-order valence-corrected chi connectivity index (χ4v) is 2.63. The first-order valence-corrected chi connectivity index (χ1v) is 7.61. The van der Waals surface area contributed by atoms with Crippen LogP contribution in [0, 0.1) is 6.92 Å². The highest BCUT2D eigenvalue weighted by atomic mass is 16.2. The molecule has 1 aliphatic heterocycles. The Kier molecular flexibility index (Phi) is 4.29. The van der Waals surface area contributed by atoms with E-state index in [4.69, 9.17) is 0 Å². The number of aromatic nitrogens is 1. The maximum Gasteiger partial charge on any atom is 0.319 e. The molecular formula is C18H18N4O2. The van der Waals surface area contributed by atoms with E-state index in [1.54, 1.807) is 25.4 Å². The molecule has 1 aromatic carbocycles. The molecule has 3 N–H and O–H groups in total. The van der Waals surface area contributed by atoms with Crippen molar-refractivity contribution in [3.05, 3.63) is 71.2 Å². The Labute approximate surface area is 140 Å². The van der Waals surface area contributed by atoms with Gasteiger partial charge in [0, 0.05) is 23.8 Å². The number of rotatable bonds is 3. The fourth-order valence-electron chi connectivity index (χ4n) is 2.63. The van der Waals surface area contributed by atoms with Crippen molar-refractivity contribution < 1.29 is 9.59 Å². The molecule has 1 unspecified atom stereocenters. The normalized spacial score (nSPS) is 17.1. The van der Waals surface area contributed by atoms with Crippen molar-refractivity contribution in [3.63, 3.8) is 0 Å². The molecule has 0 saturated heterocycles. The highest BCUT2D eigenvalue weighted by Crippen LogP contribution is 2.27. The first-order valence-electron chi connectivity index (χ1n) is 7.61. The summed E-state index contributed by atoms with van der Waals surface area (Å²) in [5.41, 5.74) is 3.55. The van der Waals surface area contributed by atoms with Crippen LogP contribution in [0.2, 0.25) is 0 Å². The third-order valence-corrected chi connectivity index (χ3v) is 3.84. The molecule has 1 aliphatic rings. The summed E-state index contributed by atoms with van der Waals surface area (Å²) in [7, 11) is 0. The highest BCUT2D eigenvalue weighted by molar-refractivity contribution is 6.06. The van der Waals surface area contributed by atoms with Crippen molar-refractivity contribution >= 4 is 17.6 Å². The van der Waals surface area contributed by atoms with Crippen LogP contribution in [0.5, 0.6) is 0 Å². The van der Waals surface area contributed by atoms with Crippen LogP contribution in [0.25, 0.3) is 0 Å². The number of amides is 3. The van der Waals surface area contributed by atoms with E-state index in [9.17, 15) is 9.59 Å². The zero-order valence-corrected chi connectivity index (χ0v) is 13.5. The number of benzene rings is 1. The van der Waals surface area contributed by atoms with E-state index >= 15 is 0 Å². The predicted molar refractivity (Wildman–Crippen MR) is 91.2 cm³/mol. The van der Waals surface area contributed by atoms with Crippen LogP contribution < -0.4 is 16.0 Å². The van der Waals surface area contributed by atoms with Gasteiger partial charge in [-0.2, -0.15) is 0 Å². The van der Waals surface area contributed by atoms with Crippen LogP contribution in [0.15, 0.2) is 60.1 Å². The molecular weight excluding hydrogens is 304 g/mol. The van der Waals surface area contributed by atoms with E-state index in [-0.39, 0.29) is 11.9 Å². The van der Waals surface area contributed by atoms with Gasteiger partial charge in [-0.05, 0) is 37.6 Å². The summed E-state index contributed by atoms with van der Waals surface area (Å²) in [6.45, 7) is 3.70. The average Bonchev–Trinajstić information content (AvgIpc) is 2.57. The summed E-state index contributed by atoms with van der Waals surface area (Å²) >= 11 is 0. The smallest absolute Gasteiger partial charge is 0.319 e. The Morgan fingerprint density at radius 3 is 2.58 bits per heavy atom. The average molecular weight is 322 g/mol. The van der Waals surface area contributed by atoms with Crippen LogP contribution in [0.3, 0.4) is 0 Å². The summed E-state index contributed by atoms with van der Waals surface area (Å²) in [6.07, 6.45) is 3.29. The van der Waals surface area contributed by atoms with Crippen LogP contribution in [-0.4, -0.2) is 16.9 Å². The number of hydrogen-bond acceptors (Lipinski definition) is 3. The number of anilines is 1. The summed E-state index contributed by atoms with van der Waals surface area (Å²) in [5.74, 6) is -0.266. The number of carbonyl (C=O) groups excluding carboxylic acids is 2. The molecule has 0 saturated carbocycles. The zero-order chi connectivity index (χ0) is 17.1. The minimum absolute atomic E-state index is 0.266. The molecule has 122 valence electrons. The lowest BCUT2D eigenvalue weighted by molar-refractivity contribution is -0.113. The van der Waals surface area contributed by atoms with Gasteiger partial charge in [-0.1, -0.05) is 23.8 Å². The van der Waals surface area contributed by atoms with Gasteiger partial charge in [0.05, 0.1) is 11.6 Å². The molecule has 6 heteroatoms. The third-order valence-electron chi connectivity index (χ3n) is 3.84. The number of carbonyl (C=O) groups is 2. The second kappa shape index (κ2) is 6.54. The molecule has 0 radical (unpaired) electrons. The van der Waals surface area contributed by atoms with E-state index in [0.29, 0.717) is 17.0 Å². The number of allylic oxidation sites excluding steroid dienone is 1. The molecule has 3 amide bonds. The second-order valence-corrected chi connectivity index (χ2v) is 5.68. The first-order chi connectivity index (χ1) is 11.5. The number of nitrogens with one attached hydrogen (secondary N) is 3. The van der Waals surface area contributed by atoms with Crippen molar-refractivity contribution in [1.29, 1.82) is 0 Å². The third kappa shape index (κ3) is 3.27. The number of aryl methyl sites for hydroxylation is 1. The van der Waals surface area contributed by atoms with Gasteiger partial charge in [-0.15, -0.1) is 0 Å². The monoisotopic (exact) mass is 322 g/mol. The van der Waals surface area contributed by atoms with E-state index in [2.05, 4.69) is 20.9 Å². The zero-order valence-electron chi connectivity index (χ0n) is 13.5. The molecule has 2 aromatic rings. The van der Waals surface area contributed by atoms with Crippen molar-refractivity contribution in [2.75, 3.05) is 5.32 Å². The van der Waals surface area contributed by atoms with Crippen LogP contribution in [0.4, 0.5) is 10.5 Å². The Balaban J connectivity index is 1.92.